The number of likely N-dealkylation sites (N-methyl/N-ethyl adjacent to an activating group) is 1. The Morgan fingerprint density at radius 3 is 2.53 bits per heavy atom. The molecule has 2 aromatic carbocycles. The predicted molar refractivity (Wildman–Crippen MR) is 254 cm³/mol. The maximum atomic E-state index is 15.1. The Hall–Kier alpha value is -4.24. The molecule has 2 aromatic rings. The number of nitrogens with zero attached hydrogens (tertiary/aromatic N) is 1. The highest BCUT2D eigenvalue weighted by Gasteiger charge is 2.49. The molecule has 7 rings (SSSR count). The number of anilines is 1. The number of ketones is 1. The summed E-state index contributed by atoms with van der Waals surface area (Å²) in [6.45, 7) is 2.82. The van der Waals surface area contributed by atoms with Crippen molar-refractivity contribution in [3.63, 3.8) is 0 Å². The van der Waals surface area contributed by atoms with Crippen LogP contribution in [-0.4, -0.2) is 72.8 Å². The summed E-state index contributed by atoms with van der Waals surface area (Å²) < 4.78 is 18.8. The number of hydrogen-bond donors (Lipinski definition) is 6. The minimum atomic E-state index is -0.800. The van der Waals surface area contributed by atoms with Gasteiger partial charge in [0.15, 0.2) is 35.1 Å². The number of rotatable bonds is 15. The quantitative estimate of drug-likeness (QED) is 0.0441. The fourth-order valence-electron chi connectivity index (χ4n) is 12.3. The lowest BCUT2D eigenvalue weighted by Gasteiger charge is -2.39. The maximum absolute atomic E-state index is 15.1. The molecule has 350 valence electrons. The molecule has 5 aliphatic rings. The Balaban J connectivity index is 1.27. The average molecular weight is 881 g/mol. The van der Waals surface area contributed by atoms with Crippen LogP contribution in [-0.2, 0) is 21.4 Å². The number of carbonyl (C=O) groups is 1. The van der Waals surface area contributed by atoms with Crippen molar-refractivity contribution in [3.8, 4) is 35.0 Å². The molecule has 64 heavy (non-hydrogen) atoms. The van der Waals surface area contributed by atoms with Crippen LogP contribution in [0, 0.1) is 35.1 Å². The predicted octanol–water partition coefficient (Wildman–Crippen LogP) is 9.82. The van der Waals surface area contributed by atoms with Crippen molar-refractivity contribution in [1.29, 1.82) is 0 Å². The van der Waals surface area contributed by atoms with E-state index in [4.69, 9.17) is 14.2 Å². The smallest absolute Gasteiger partial charge is 0.207 e. The third-order valence-electron chi connectivity index (χ3n) is 15.7. The molecule has 0 radical (unpaired) electrons. The number of aliphatic imine (C=N–C) groups is 1. The topological polar surface area (TPSA) is 154 Å². The van der Waals surface area contributed by atoms with Gasteiger partial charge in [-0.2, -0.15) is 0 Å². The maximum Gasteiger partial charge on any atom is 0.207 e. The van der Waals surface area contributed by atoms with E-state index in [1.807, 2.05) is 25.3 Å². The first-order chi connectivity index (χ1) is 31.1. The van der Waals surface area contributed by atoms with Gasteiger partial charge in [0, 0.05) is 43.3 Å². The van der Waals surface area contributed by atoms with Gasteiger partial charge < -0.3 is 40.2 Å². The van der Waals surface area contributed by atoms with Gasteiger partial charge in [-0.25, -0.2) is 0 Å². The first-order valence-corrected chi connectivity index (χ1v) is 24.7. The van der Waals surface area contributed by atoms with Crippen LogP contribution in [0.5, 0.6) is 23.0 Å². The number of guanidine groups is 1. The normalized spacial score (nSPS) is 28.8. The number of phenols is 2. The first-order valence-electron chi connectivity index (χ1n) is 24.7. The highest BCUT2D eigenvalue weighted by atomic mass is 16.6. The molecular formula is C53H76N4O7. The first kappa shape index (κ1) is 47.7. The molecule has 11 nitrogen and oxygen atoms in total. The second-order valence-corrected chi connectivity index (χ2v) is 19.8. The highest BCUT2D eigenvalue weighted by molar-refractivity contribution is 5.97. The van der Waals surface area contributed by atoms with Crippen molar-refractivity contribution in [2.45, 2.75) is 172 Å². The van der Waals surface area contributed by atoms with Gasteiger partial charge in [-0.15, -0.1) is 0 Å². The molecule has 2 bridgehead atoms. The summed E-state index contributed by atoms with van der Waals surface area (Å²) in [7, 11) is 5.19. The van der Waals surface area contributed by atoms with Crippen LogP contribution >= 0.6 is 0 Å². The van der Waals surface area contributed by atoms with Crippen molar-refractivity contribution >= 4 is 17.4 Å². The Morgan fingerprint density at radius 1 is 0.969 bits per heavy atom. The van der Waals surface area contributed by atoms with Crippen molar-refractivity contribution in [2.24, 2.45) is 28.2 Å². The number of nitrogens with one attached hydrogen (secondary N) is 3. The highest BCUT2D eigenvalue weighted by Crippen LogP contribution is 2.54. The monoisotopic (exact) mass is 881 g/mol. The minimum Gasteiger partial charge on any atom is -0.504 e. The van der Waals surface area contributed by atoms with Crippen LogP contribution in [0.2, 0.25) is 0 Å². The van der Waals surface area contributed by atoms with Gasteiger partial charge in [-0.1, -0.05) is 82.8 Å². The van der Waals surface area contributed by atoms with E-state index in [1.165, 1.54) is 6.42 Å². The van der Waals surface area contributed by atoms with Crippen molar-refractivity contribution in [3.05, 3.63) is 53.6 Å². The lowest BCUT2D eigenvalue weighted by Crippen LogP contribution is -2.43. The van der Waals surface area contributed by atoms with E-state index in [-0.39, 0.29) is 46.6 Å². The van der Waals surface area contributed by atoms with Gasteiger partial charge >= 0.3 is 0 Å². The summed E-state index contributed by atoms with van der Waals surface area (Å²) in [4.78, 5) is 19.7. The number of unbranched alkanes of at least 4 members (excludes halogenated alkanes) is 2. The SMILES string of the molecule is CCCCC[C@@H]1/C=C/C(=O)[C@]2(Cc3ccc(O)c(OC)c3)CCC[C@H]2CC#CNC(=NC)Nc2cc(cc(O[C@]3(CNC)CC[C@H](C[C@H](O)OC4CCCCC4)C3)c2O)C12CCCC2. The molecule has 4 fully saturated rings. The van der Waals surface area contributed by atoms with Gasteiger partial charge in [-0.05, 0) is 137 Å². The molecule has 0 aromatic heterocycles. The summed E-state index contributed by atoms with van der Waals surface area (Å²) in [6, 6.07) is 12.7. The van der Waals surface area contributed by atoms with Crippen LogP contribution in [0.15, 0.2) is 47.5 Å². The van der Waals surface area contributed by atoms with Crippen LogP contribution in [0.25, 0.3) is 0 Å². The lowest BCUT2D eigenvalue weighted by molar-refractivity contribution is -0.152. The number of aromatic hydroxyl groups is 2. The van der Waals surface area contributed by atoms with E-state index in [9.17, 15) is 15.3 Å². The third-order valence-corrected chi connectivity index (χ3v) is 15.7. The molecule has 11 heteroatoms. The molecule has 6 N–H and O–H groups in total. The number of aliphatic hydroxyl groups excluding tert-OH is 1. The van der Waals surface area contributed by atoms with E-state index < -0.39 is 17.3 Å². The molecular weight excluding hydrogens is 805 g/mol. The summed E-state index contributed by atoms with van der Waals surface area (Å²) in [6.07, 6.45) is 23.9. The molecule has 1 heterocycles. The fraction of sp³-hybridized carbons (Fsp3) is 0.660. The lowest BCUT2D eigenvalue weighted by atomic mass is 9.65. The molecule has 1 spiro atoms. The Bertz CT molecular complexity index is 2010. The number of allylic oxidation sites excluding steroid dienone is 2. The molecule has 0 saturated heterocycles. The summed E-state index contributed by atoms with van der Waals surface area (Å²) in [5.74, 6) is 5.13. The number of fused-ring (bicyclic) bond motifs is 4. The summed E-state index contributed by atoms with van der Waals surface area (Å²) >= 11 is 0. The zero-order valence-electron chi connectivity index (χ0n) is 39.1. The van der Waals surface area contributed by atoms with Gasteiger partial charge in [0.05, 0.1) is 18.9 Å². The van der Waals surface area contributed by atoms with Crippen LogP contribution in [0.3, 0.4) is 0 Å². The fourth-order valence-corrected chi connectivity index (χ4v) is 12.3. The molecule has 0 unspecified atom stereocenters. The van der Waals surface area contributed by atoms with Crippen LogP contribution in [0.1, 0.15) is 153 Å². The summed E-state index contributed by atoms with van der Waals surface area (Å²) in [5.41, 5.74) is 0.968. The number of ether oxygens (including phenoxy) is 3. The number of aliphatic hydroxyl groups is 1. The number of hydrogen-bond acceptors (Lipinski definition) is 9. The van der Waals surface area contributed by atoms with E-state index in [2.05, 4.69) is 58.0 Å². The molecule has 1 aliphatic heterocycles. The van der Waals surface area contributed by atoms with Gasteiger partial charge in [0.2, 0.25) is 5.96 Å². The Morgan fingerprint density at radius 2 is 1.78 bits per heavy atom. The Kier molecular flexibility index (Phi) is 16.3. The molecule has 4 saturated carbocycles. The zero-order chi connectivity index (χ0) is 45.2. The number of phenolic OH excluding ortho intramolecular Hbond substituents is 2. The second kappa shape index (κ2) is 21.8. The Labute approximate surface area is 382 Å². The number of benzene rings is 2. The molecule has 6 atom stereocenters. The molecule has 4 aliphatic carbocycles. The van der Waals surface area contributed by atoms with Crippen molar-refractivity contribution in [2.75, 3.05) is 33.1 Å². The summed E-state index contributed by atoms with van der Waals surface area (Å²) in [5, 5.41) is 43.7. The van der Waals surface area contributed by atoms with Crippen molar-refractivity contribution in [1.82, 2.24) is 10.6 Å². The molecule has 0 amide bonds. The minimum absolute atomic E-state index is 0.0170. The van der Waals surface area contributed by atoms with Crippen molar-refractivity contribution < 1.29 is 34.3 Å². The largest absolute Gasteiger partial charge is 0.504 e. The van der Waals surface area contributed by atoms with Gasteiger partial charge in [0.25, 0.3) is 0 Å². The second-order valence-electron chi connectivity index (χ2n) is 19.8. The zero-order valence-corrected chi connectivity index (χ0v) is 39.1. The number of carbonyl (C=O) groups excluding carboxylic acids is 1. The van der Waals surface area contributed by atoms with E-state index >= 15 is 4.79 Å². The van der Waals surface area contributed by atoms with E-state index in [1.54, 1.807) is 20.2 Å². The number of methoxy groups -OCH3 is 1. The van der Waals surface area contributed by atoms with Crippen LogP contribution < -0.4 is 25.4 Å². The van der Waals surface area contributed by atoms with Gasteiger partial charge in [0.1, 0.15) is 5.60 Å². The van der Waals surface area contributed by atoms with E-state index in [0.717, 1.165) is 127 Å². The van der Waals surface area contributed by atoms with Gasteiger partial charge in [-0.3, -0.25) is 15.1 Å². The van der Waals surface area contributed by atoms with E-state index in [0.29, 0.717) is 49.0 Å². The average Bonchev–Trinajstić information content (AvgIpc) is 4.05. The standard InChI is InChI=1S/C53H76N4O7/c1-5-6-8-15-40-21-23-47(59)53(35-37-20-22-44(58)45(30-37)62-4)27-13-16-39(53)17-14-29-56-50(55-3)57-43-32-41(52(40)25-11-12-26-52)33-46(49(43)61)64-51(36-54-2)28-24-38(34-51)31-48(60)63-42-18-9-7-10-19-42/h20-23,30,32-33,38-40,42,48,54,58,60-61H,5-13,15-19,24-28,31,34-36H2,1-4H3,(H2,55,56,57)/b23-21+/t38-,39+,40-,48-,51-,53+/m1/s1. The third kappa shape index (κ3) is 10.9. The van der Waals surface area contributed by atoms with Crippen LogP contribution in [0.4, 0.5) is 5.69 Å².